The van der Waals surface area contributed by atoms with E-state index in [-0.39, 0.29) is 72.7 Å². The van der Waals surface area contributed by atoms with Crippen LogP contribution in [0.15, 0.2) is 90.6 Å². The predicted molar refractivity (Wildman–Crippen MR) is 233 cm³/mol. The van der Waals surface area contributed by atoms with Crippen LogP contribution in [0.5, 0.6) is 0 Å². The minimum atomic E-state index is -1.20. The molecule has 6 aliphatic rings. The fourth-order valence-corrected chi connectivity index (χ4v) is 10.5. The van der Waals surface area contributed by atoms with Crippen LogP contribution in [-0.4, -0.2) is 76.6 Å². The molecule has 0 radical (unpaired) electrons. The Morgan fingerprint density at radius 3 is 2.63 bits per heavy atom. The van der Waals surface area contributed by atoms with Crippen molar-refractivity contribution in [3.05, 3.63) is 134 Å². The van der Waals surface area contributed by atoms with Crippen LogP contribution in [0.1, 0.15) is 84.0 Å². The van der Waals surface area contributed by atoms with Gasteiger partial charge in [-0.05, 0) is 91.6 Å². The van der Waals surface area contributed by atoms with Crippen molar-refractivity contribution in [2.24, 2.45) is 5.92 Å². The first kappa shape index (κ1) is 41.8. The second-order valence-corrected chi connectivity index (χ2v) is 17.7. The largest absolute Gasteiger partial charge is 0.351 e. The quantitative estimate of drug-likeness (QED) is 0.0620. The summed E-state index contributed by atoms with van der Waals surface area (Å²) >= 11 is 12.8. The van der Waals surface area contributed by atoms with Crippen LogP contribution in [0.25, 0.3) is 0 Å². The molecule has 1 spiro atoms. The fourth-order valence-electron chi connectivity index (χ4n) is 10.1. The average molecular weight is 876 g/mol. The van der Waals surface area contributed by atoms with E-state index >= 15 is 4.39 Å². The highest BCUT2D eigenvalue weighted by Crippen LogP contribution is 2.60. The second-order valence-electron chi connectivity index (χ2n) is 16.9. The molecule has 3 aromatic carbocycles. The molecule has 6 atom stereocenters. The first-order valence-electron chi connectivity index (χ1n) is 21.1. The van der Waals surface area contributed by atoms with Gasteiger partial charge in [0.1, 0.15) is 17.4 Å². The van der Waals surface area contributed by atoms with Gasteiger partial charge in [0.15, 0.2) is 0 Å². The molecule has 5 heterocycles. The molecule has 5 amide bonds. The second kappa shape index (κ2) is 16.6. The van der Waals surface area contributed by atoms with Gasteiger partial charge in [-0.1, -0.05) is 78.0 Å². The molecular weight excluding hydrogens is 830 g/mol. The Morgan fingerprint density at radius 2 is 1.85 bits per heavy atom. The average Bonchev–Trinajstić information content (AvgIpc) is 3.64. The van der Waals surface area contributed by atoms with E-state index in [9.17, 15) is 24.0 Å². The molecule has 3 aromatic rings. The highest BCUT2D eigenvalue weighted by Gasteiger charge is 2.69. The molecular formula is C48H45Cl2FN6O5. The number of amides is 5. The van der Waals surface area contributed by atoms with Crippen molar-refractivity contribution in [3.63, 3.8) is 0 Å². The Morgan fingerprint density at radius 1 is 1.05 bits per heavy atom. The van der Waals surface area contributed by atoms with Crippen molar-refractivity contribution < 1.29 is 28.4 Å². The molecule has 4 fully saturated rings. The summed E-state index contributed by atoms with van der Waals surface area (Å²) in [5, 5.41) is 12.6. The van der Waals surface area contributed by atoms with Crippen molar-refractivity contribution >= 4 is 58.4 Å². The van der Waals surface area contributed by atoms with Gasteiger partial charge >= 0.3 is 0 Å². The molecule has 9 rings (SSSR count). The Kier molecular flexibility index (Phi) is 11.2. The number of rotatable bonds is 10. The Balaban J connectivity index is 0.868. The number of anilines is 1. The third-order valence-electron chi connectivity index (χ3n) is 13.2. The summed E-state index contributed by atoms with van der Waals surface area (Å²) in [5.41, 5.74) is 3.66. The third kappa shape index (κ3) is 7.24. The van der Waals surface area contributed by atoms with Crippen LogP contribution >= 0.6 is 23.2 Å². The van der Waals surface area contributed by atoms with E-state index in [4.69, 9.17) is 23.2 Å². The van der Waals surface area contributed by atoms with Gasteiger partial charge in [-0.3, -0.25) is 34.2 Å². The number of nitrogens with zero attached hydrogens (tertiary/aromatic N) is 2. The summed E-state index contributed by atoms with van der Waals surface area (Å²) in [6, 6.07) is 14.3. The smallest absolute Gasteiger partial charge is 0.255 e. The van der Waals surface area contributed by atoms with Gasteiger partial charge in [-0.25, -0.2) is 4.39 Å². The summed E-state index contributed by atoms with van der Waals surface area (Å²) in [6.45, 7) is 7.37. The lowest BCUT2D eigenvalue weighted by molar-refractivity contribution is -0.137. The fraction of sp³-hybridized carbons (Fsp3) is 0.354. The number of hydrogen-bond donors (Lipinski definition) is 4. The maximum atomic E-state index is 16.2. The molecule has 14 heteroatoms. The number of halogens is 3. The zero-order valence-corrected chi connectivity index (χ0v) is 35.5. The number of carbonyl (C=O) groups is 5. The van der Waals surface area contributed by atoms with E-state index in [1.807, 2.05) is 18.2 Å². The van der Waals surface area contributed by atoms with E-state index in [0.717, 1.165) is 29.5 Å². The molecule has 11 nitrogen and oxygen atoms in total. The zero-order chi connectivity index (χ0) is 43.4. The lowest BCUT2D eigenvalue weighted by atomic mass is 9.73. The van der Waals surface area contributed by atoms with Gasteiger partial charge in [-0.2, -0.15) is 0 Å². The highest BCUT2D eigenvalue weighted by atomic mass is 35.5. The van der Waals surface area contributed by atoms with Crippen LogP contribution in [-0.2, 0) is 31.3 Å². The van der Waals surface area contributed by atoms with Crippen LogP contribution in [0.4, 0.5) is 10.1 Å². The zero-order valence-electron chi connectivity index (χ0n) is 34.0. The summed E-state index contributed by atoms with van der Waals surface area (Å²) in [5.74, 6) is 3.93. The van der Waals surface area contributed by atoms with E-state index in [1.54, 1.807) is 55.5 Å². The van der Waals surface area contributed by atoms with Gasteiger partial charge in [0, 0.05) is 89.5 Å². The van der Waals surface area contributed by atoms with E-state index in [1.165, 1.54) is 11.0 Å². The number of fused-ring (bicyclic) bond motifs is 4. The number of benzene rings is 3. The molecule has 5 aliphatic heterocycles. The van der Waals surface area contributed by atoms with Crippen LogP contribution in [0.3, 0.4) is 0 Å². The maximum Gasteiger partial charge on any atom is 0.255 e. The lowest BCUT2D eigenvalue weighted by Gasteiger charge is -2.41. The number of allylic oxidation sites excluding steroid dienone is 1. The first-order valence-corrected chi connectivity index (χ1v) is 21.8. The Bertz CT molecular complexity index is 2580. The number of piperidine rings is 1. The van der Waals surface area contributed by atoms with Crippen LogP contribution in [0, 0.1) is 23.6 Å². The van der Waals surface area contributed by atoms with E-state index in [2.05, 4.69) is 44.6 Å². The van der Waals surface area contributed by atoms with Gasteiger partial charge in [-0.15, -0.1) is 0 Å². The molecule has 0 bridgehead atoms. The summed E-state index contributed by atoms with van der Waals surface area (Å²) in [4.78, 5) is 68.9. The SMILES string of the molecule is C=C(/C=C\C(=C/C)C(=O)NCCC#Cc1cccc2c1CN(C1CCC(=O)NC1=O)C2=O)[C@H]1C[C@H]2[C@@H](N1)[C@H](c1cccc(Cl)c1F)[C@]1(C(=O)Nc3cc(Cl)ccc31)N2CC1CC1. The molecule has 1 saturated carbocycles. The Hall–Kier alpha value is -5.58. The van der Waals surface area contributed by atoms with Crippen molar-refractivity contribution in [3.8, 4) is 11.8 Å². The molecule has 4 N–H and O–H groups in total. The number of carbonyl (C=O) groups excluding carboxylic acids is 5. The van der Waals surface area contributed by atoms with Gasteiger partial charge in [0.05, 0.1) is 5.02 Å². The summed E-state index contributed by atoms with van der Waals surface area (Å²) < 4.78 is 16.2. The van der Waals surface area contributed by atoms with Crippen LogP contribution in [0.2, 0.25) is 10.0 Å². The molecule has 3 saturated heterocycles. The Labute approximate surface area is 369 Å². The first-order chi connectivity index (χ1) is 29.9. The monoisotopic (exact) mass is 874 g/mol. The standard InChI is InChI=1S/C48H45Cl2FN6O5/c1-3-28(44(59)52-21-5-4-8-29-9-6-10-31-33(29)25-56(46(31)61)38-19-20-40(58)55-45(38)60)16-13-26(2)36-23-39-43(53-36)41(32-11-7-12-35(50)42(32)51)48(57(39)24-27-14-15-27)34-18-17-30(49)22-37(34)54-47(48)62/h3,6-7,9-13,16-18,22,27,36,38-39,41,43,53H,2,5,14-15,19-21,23-25H2,1H3,(H,52,59)(H,54,62)(H,55,58,60)/b16-13-,28-3+/t36-,38?,39+,41+,43-,48-/m1/s1. The van der Waals surface area contributed by atoms with E-state index < -0.39 is 29.2 Å². The molecule has 62 heavy (non-hydrogen) atoms. The van der Waals surface area contributed by atoms with Gasteiger partial charge in [0.25, 0.3) is 11.8 Å². The normalized spacial score (nSPS) is 26.6. The molecule has 0 aromatic heterocycles. The van der Waals surface area contributed by atoms with Crippen LogP contribution < -0.4 is 21.3 Å². The summed E-state index contributed by atoms with van der Waals surface area (Å²) in [6.07, 6.45) is 8.84. The number of likely N-dealkylation sites (tertiary alicyclic amines) is 1. The number of hydrogen-bond acceptors (Lipinski definition) is 7. The third-order valence-corrected chi connectivity index (χ3v) is 13.8. The molecule has 318 valence electrons. The molecule has 1 unspecified atom stereocenters. The summed E-state index contributed by atoms with van der Waals surface area (Å²) in [7, 11) is 0. The minimum absolute atomic E-state index is 0.00666. The van der Waals surface area contributed by atoms with Gasteiger partial charge in [0.2, 0.25) is 17.7 Å². The van der Waals surface area contributed by atoms with Crippen molar-refractivity contribution in [1.29, 1.82) is 0 Å². The van der Waals surface area contributed by atoms with Gasteiger partial charge < -0.3 is 20.9 Å². The predicted octanol–water partition coefficient (Wildman–Crippen LogP) is 6.27. The number of nitrogens with one attached hydrogen (secondary N) is 4. The van der Waals surface area contributed by atoms with E-state index in [0.29, 0.717) is 58.3 Å². The maximum absolute atomic E-state index is 16.2. The molecule has 1 aliphatic carbocycles. The van der Waals surface area contributed by atoms with Crippen molar-refractivity contribution in [1.82, 2.24) is 25.8 Å². The highest BCUT2D eigenvalue weighted by molar-refractivity contribution is 6.31. The van der Waals surface area contributed by atoms with Crippen molar-refractivity contribution in [2.45, 2.75) is 87.6 Å². The topological polar surface area (TPSA) is 140 Å². The lowest BCUT2D eigenvalue weighted by Crippen LogP contribution is -2.53. The minimum Gasteiger partial charge on any atom is -0.351 e. The number of imide groups is 1. The van der Waals surface area contributed by atoms with Crippen molar-refractivity contribution in [2.75, 3.05) is 18.4 Å².